The van der Waals surface area contributed by atoms with Crippen LogP contribution in [0.5, 0.6) is 0 Å². The van der Waals surface area contributed by atoms with Gasteiger partial charge in [-0.1, -0.05) is 35.5 Å². The second-order valence-electron chi connectivity index (χ2n) is 6.65. The average molecular weight is 373 g/mol. The van der Waals surface area contributed by atoms with E-state index in [1.165, 1.54) is 5.56 Å². The fraction of sp³-hybridized carbons (Fsp3) is 0.316. The highest BCUT2D eigenvalue weighted by Crippen LogP contribution is 2.29. The summed E-state index contributed by atoms with van der Waals surface area (Å²) in [7, 11) is 0. The maximum atomic E-state index is 13.2. The maximum absolute atomic E-state index is 13.2. The van der Waals surface area contributed by atoms with E-state index < -0.39 is 0 Å². The van der Waals surface area contributed by atoms with Crippen molar-refractivity contribution >= 4 is 29.4 Å². The zero-order valence-corrected chi connectivity index (χ0v) is 15.5. The molecule has 7 heteroatoms. The number of pyridine rings is 1. The minimum Gasteiger partial charge on any atom is -0.336 e. The second kappa shape index (κ2) is 7.05. The second-order valence-corrected chi connectivity index (χ2v) is 6.65. The van der Waals surface area contributed by atoms with Gasteiger partial charge >= 0.3 is 0 Å². The predicted molar refractivity (Wildman–Crippen MR) is 102 cm³/mol. The van der Waals surface area contributed by atoms with Crippen molar-refractivity contribution in [3.63, 3.8) is 0 Å². The summed E-state index contributed by atoms with van der Waals surface area (Å²) in [6.45, 7) is 4.81. The molecule has 1 aliphatic heterocycles. The molecule has 2 atom stereocenters. The van der Waals surface area contributed by atoms with E-state index in [9.17, 15) is 4.79 Å². The number of hydrogen-bond donors (Lipinski definition) is 1. The number of hydrogen-bond acceptors (Lipinski definition) is 5. The molecule has 2 aromatic heterocycles. The molecule has 0 spiro atoms. The van der Waals surface area contributed by atoms with E-state index in [0.717, 1.165) is 5.69 Å². The lowest BCUT2D eigenvalue weighted by Crippen LogP contribution is -2.32. The van der Waals surface area contributed by atoms with E-state index in [2.05, 4.69) is 22.3 Å². The number of benzene rings is 1. The van der Waals surface area contributed by atoms with Gasteiger partial charge in [-0.05, 0) is 25.5 Å². The summed E-state index contributed by atoms with van der Waals surface area (Å²) >= 11 is 0. The van der Waals surface area contributed by atoms with E-state index in [1.807, 2.05) is 36.9 Å². The number of nitrogens with zero attached hydrogens (tertiary/aromatic N) is 3. The van der Waals surface area contributed by atoms with Crippen molar-refractivity contribution in [2.45, 2.75) is 25.8 Å². The lowest BCUT2D eigenvalue weighted by molar-refractivity contribution is 0.0791. The molecule has 0 unspecified atom stereocenters. The molecule has 4 rings (SSSR count). The first-order chi connectivity index (χ1) is 12.0. The molecule has 3 heterocycles. The van der Waals surface area contributed by atoms with Crippen LogP contribution in [0.1, 0.15) is 33.2 Å². The Morgan fingerprint density at radius 1 is 1.23 bits per heavy atom. The fourth-order valence-corrected chi connectivity index (χ4v) is 3.60. The van der Waals surface area contributed by atoms with Crippen LogP contribution in [0.25, 0.3) is 11.1 Å². The van der Waals surface area contributed by atoms with Crippen LogP contribution < -0.4 is 5.73 Å². The van der Waals surface area contributed by atoms with Crippen LogP contribution in [0, 0.1) is 13.8 Å². The zero-order chi connectivity index (χ0) is 17.6. The first kappa shape index (κ1) is 18.4. The van der Waals surface area contributed by atoms with Gasteiger partial charge in [0.25, 0.3) is 11.6 Å². The molecule has 0 saturated carbocycles. The molecular formula is C19H21ClN4O2. The van der Waals surface area contributed by atoms with Crippen LogP contribution in [0.4, 0.5) is 0 Å². The molecule has 0 radical (unpaired) electrons. The van der Waals surface area contributed by atoms with E-state index in [1.54, 1.807) is 6.07 Å². The molecular weight excluding hydrogens is 352 g/mol. The molecule has 2 N–H and O–H groups in total. The highest BCUT2D eigenvalue weighted by atomic mass is 35.5. The molecule has 136 valence electrons. The van der Waals surface area contributed by atoms with Gasteiger partial charge in [0.05, 0.1) is 16.6 Å². The highest BCUT2D eigenvalue weighted by Gasteiger charge is 2.35. The Labute approximate surface area is 157 Å². The molecule has 26 heavy (non-hydrogen) atoms. The molecule has 1 fully saturated rings. The van der Waals surface area contributed by atoms with Crippen molar-refractivity contribution in [2.75, 3.05) is 13.1 Å². The molecule has 0 aliphatic carbocycles. The topological polar surface area (TPSA) is 85.2 Å². The monoisotopic (exact) mass is 372 g/mol. The summed E-state index contributed by atoms with van der Waals surface area (Å²) in [5, 5.41) is 4.64. The van der Waals surface area contributed by atoms with Crippen LogP contribution >= 0.6 is 12.4 Å². The number of carbonyl (C=O) groups is 1. The molecule has 1 saturated heterocycles. The summed E-state index contributed by atoms with van der Waals surface area (Å²) in [6, 6.07) is 11.8. The van der Waals surface area contributed by atoms with Crippen molar-refractivity contribution in [3.05, 3.63) is 58.9 Å². The predicted octanol–water partition coefficient (Wildman–Crippen LogP) is 2.83. The average Bonchev–Trinajstić information content (AvgIpc) is 3.17. The number of amides is 1. The maximum Gasteiger partial charge on any atom is 0.258 e. The van der Waals surface area contributed by atoms with Crippen molar-refractivity contribution in [1.29, 1.82) is 0 Å². The smallest absolute Gasteiger partial charge is 0.258 e. The lowest BCUT2D eigenvalue weighted by Gasteiger charge is -2.17. The number of carbonyl (C=O) groups excluding carboxylic acids is 1. The quantitative estimate of drug-likeness (QED) is 0.747. The molecule has 0 bridgehead atoms. The fourth-order valence-electron chi connectivity index (χ4n) is 3.60. The van der Waals surface area contributed by atoms with Crippen LogP contribution in [-0.4, -0.2) is 40.1 Å². The van der Waals surface area contributed by atoms with E-state index in [4.69, 9.17) is 10.3 Å². The number of aryl methyl sites for hydroxylation is 2. The first-order valence-electron chi connectivity index (χ1n) is 8.38. The van der Waals surface area contributed by atoms with E-state index in [0.29, 0.717) is 35.4 Å². The number of likely N-dealkylation sites (tertiary alicyclic amines) is 1. The van der Waals surface area contributed by atoms with Gasteiger partial charge in [0.2, 0.25) is 0 Å². The highest BCUT2D eigenvalue weighted by molar-refractivity contribution is 6.06. The summed E-state index contributed by atoms with van der Waals surface area (Å²) in [6.07, 6.45) is 0. The SMILES string of the molecule is Cc1cc(C(=O)N2C[C@@H](N)[C@H](c3ccccc3)C2)c2c(C)noc2n1.Cl. The Morgan fingerprint density at radius 3 is 2.69 bits per heavy atom. The summed E-state index contributed by atoms with van der Waals surface area (Å²) in [4.78, 5) is 19.3. The molecule has 6 nitrogen and oxygen atoms in total. The van der Waals surface area contributed by atoms with Crippen LogP contribution in [0.2, 0.25) is 0 Å². The van der Waals surface area contributed by atoms with Crippen LogP contribution in [-0.2, 0) is 0 Å². The van der Waals surface area contributed by atoms with Gasteiger partial charge in [0.1, 0.15) is 0 Å². The van der Waals surface area contributed by atoms with Gasteiger partial charge < -0.3 is 15.2 Å². The Kier molecular flexibility index (Phi) is 4.98. The van der Waals surface area contributed by atoms with Crippen molar-refractivity contribution in [3.8, 4) is 0 Å². The Balaban J connectivity index is 0.00000196. The van der Waals surface area contributed by atoms with E-state index >= 15 is 0 Å². The third-order valence-electron chi connectivity index (χ3n) is 4.86. The van der Waals surface area contributed by atoms with Crippen molar-refractivity contribution < 1.29 is 9.32 Å². The van der Waals surface area contributed by atoms with Gasteiger partial charge in [-0.2, -0.15) is 0 Å². The standard InChI is InChI=1S/C19H20N4O2.ClH/c1-11-8-14(17-12(2)22-25-18(17)21-11)19(24)23-9-15(16(20)10-23)13-6-4-3-5-7-13;/h3-8,15-16H,9-10,20H2,1-2H3;1H/t15-,16+;/m0./s1. The third kappa shape index (κ3) is 3.06. The van der Waals surface area contributed by atoms with Crippen molar-refractivity contribution in [1.82, 2.24) is 15.0 Å². The van der Waals surface area contributed by atoms with Crippen LogP contribution in [0.3, 0.4) is 0 Å². The van der Waals surface area contributed by atoms with Gasteiger partial charge in [-0.25, -0.2) is 4.98 Å². The Bertz CT molecular complexity index is 941. The molecule has 3 aromatic rings. The molecule has 1 amide bonds. The van der Waals surface area contributed by atoms with Gasteiger partial charge in [0.15, 0.2) is 0 Å². The van der Waals surface area contributed by atoms with E-state index in [-0.39, 0.29) is 30.3 Å². The number of nitrogens with two attached hydrogens (primary N) is 1. The number of halogens is 1. The molecule has 1 aliphatic rings. The number of aromatic nitrogens is 2. The van der Waals surface area contributed by atoms with Gasteiger partial charge in [-0.3, -0.25) is 4.79 Å². The minimum absolute atomic E-state index is 0. The summed E-state index contributed by atoms with van der Waals surface area (Å²) < 4.78 is 5.24. The minimum atomic E-state index is -0.0756. The molecule has 1 aromatic carbocycles. The van der Waals surface area contributed by atoms with Crippen molar-refractivity contribution in [2.24, 2.45) is 5.73 Å². The summed E-state index contributed by atoms with van der Waals surface area (Å²) in [5.41, 5.74) is 9.90. The lowest BCUT2D eigenvalue weighted by atomic mass is 9.95. The number of rotatable bonds is 2. The van der Waals surface area contributed by atoms with Crippen LogP contribution in [0.15, 0.2) is 40.9 Å². The first-order valence-corrected chi connectivity index (χ1v) is 8.38. The Morgan fingerprint density at radius 2 is 1.96 bits per heavy atom. The third-order valence-corrected chi connectivity index (χ3v) is 4.86. The zero-order valence-electron chi connectivity index (χ0n) is 14.7. The largest absolute Gasteiger partial charge is 0.336 e. The summed E-state index contributed by atoms with van der Waals surface area (Å²) in [5.74, 6) is 0.0998. The Hall–Kier alpha value is -2.44. The number of fused-ring (bicyclic) bond motifs is 1. The van der Waals surface area contributed by atoms with Gasteiger partial charge in [0, 0.05) is 30.7 Å². The normalized spacial score (nSPS) is 19.6. The van der Waals surface area contributed by atoms with Gasteiger partial charge in [-0.15, -0.1) is 12.4 Å².